The van der Waals surface area contributed by atoms with E-state index in [1.165, 1.54) is 5.56 Å². The summed E-state index contributed by atoms with van der Waals surface area (Å²) >= 11 is 3.49. The van der Waals surface area contributed by atoms with Crippen LogP contribution in [0.1, 0.15) is 32.8 Å². The molecule has 1 aliphatic heterocycles. The van der Waals surface area contributed by atoms with E-state index >= 15 is 0 Å². The SMILES string of the molecule is CC(C)(C)OC(=O)N1CC[C@@H](NCCc2cccc(Br)c2)C1. The third kappa shape index (κ3) is 5.61. The van der Waals surface area contributed by atoms with Crippen molar-refractivity contribution in [2.45, 2.75) is 45.3 Å². The molecule has 1 fully saturated rings. The number of hydrogen-bond donors (Lipinski definition) is 1. The van der Waals surface area contributed by atoms with Crippen LogP contribution in [0.4, 0.5) is 4.79 Å². The largest absolute Gasteiger partial charge is 0.444 e. The lowest BCUT2D eigenvalue weighted by atomic mass is 10.1. The van der Waals surface area contributed by atoms with E-state index in [4.69, 9.17) is 4.74 Å². The number of halogens is 1. The third-order valence-corrected chi connectivity index (χ3v) is 4.07. The molecule has 0 spiro atoms. The van der Waals surface area contributed by atoms with Gasteiger partial charge in [-0.1, -0.05) is 28.1 Å². The summed E-state index contributed by atoms with van der Waals surface area (Å²) in [6.07, 6.45) is 1.77. The van der Waals surface area contributed by atoms with Crippen molar-refractivity contribution in [1.82, 2.24) is 10.2 Å². The van der Waals surface area contributed by atoms with Gasteiger partial charge in [0.05, 0.1) is 0 Å². The molecular weight excluding hydrogens is 344 g/mol. The van der Waals surface area contributed by atoms with Crippen LogP contribution in [0.15, 0.2) is 28.7 Å². The standard InChI is InChI=1S/C17H25BrN2O2/c1-17(2,3)22-16(21)20-10-8-15(12-20)19-9-7-13-5-4-6-14(18)11-13/h4-6,11,15,19H,7-10,12H2,1-3H3/t15-/m1/s1. The minimum atomic E-state index is -0.427. The molecule has 0 bridgehead atoms. The minimum absolute atomic E-state index is 0.205. The van der Waals surface area contributed by atoms with Crippen molar-refractivity contribution in [1.29, 1.82) is 0 Å². The second-order valence-electron chi connectivity index (χ2n) is 6.75. The Hall–Kier alpha value is -1.07. The molecule has 1 aromatic carbocycles. The molecule has 2 rings (SSSR count). The van der Waals surface area contributed by atoms with E-state index in [9.17, 15) is 4.79 Å². The van der Waals surface area contributed by atoms with Crippen LogP contribution in [0.3, 0.4) is 0 Å². The molecule has 1 aliphatic rings. The fraction of sp³-hybridized carbons (Fsp3) is 0.588. The first kappa shape index (κ1) is 17.3. The Bertz CT molecular complexity index is 514. The topological polar surface area (TPSA) is 41.6 Å². The molecule has 0 aliphatic carbocycles. The van der Waals surface area contributed by atoms with Gasteiger partial charge in [0.25, 0.3) is 0 Å². The van der Waals surface area contributed by atoms with Gasteiger partial charge in [0, 0.05) is 23.6 Å². The monoisotopic (exact) mass is 368 g/mol. The number of amides is 1. The maximum Gasteiger partial charge on any atom is 0.410 e. The zero-order valence-corrected chi connectivity index (χ0v) is 15.1. The molecule has 0 radical (unpaired) electrons. The zero-order chi connectivity index (χ0) is 16.2. The van der Waals surface area contributed by atoms with Crippen LogP contribution in [-0.2, 0) is 11.2 Å². The summed E-state index contributed by atoms with van der Waals surface area (Å²) in [5, 5.41) is 3.53. The van der Waals surface area contributed by atoms with Gasteiger partial charge in [-0.2, -0.15) is 0 Å². The summed E-state index contributed by atoms with van der Waals surface area (Å²) in [4.78, 5) is 13.8. The van der Waals surface area contributed by atoms with Crippen LogP contribution in [0.25, 0.3) is 0 Å². The number of benzene rings is 1. The van der Waals surface area contributed by atoms with Crippen LogP contribution in [0, 0.1) is 0 Å². The van der Waals surface area contributed by atoms with Crippen molar-refractivity contribution >= 4 is 22.0 Å². The van der Waals surface area contributed by atoms with Crippen molar-refractivity contribution in [3.63, 3.8) is 0 Å². The smallest absolute Gasteiger partial charge is 0.410 e. The molecule has 0 saturated carbocycles. The predicted octanol–water partition coefficient (Wildman–Crippen LogP) is 3.59. The number of rotatable bonds is 4. The highest BCUT2D eigenvalue weighted by Crippen LogP contribution is 2.16. The molecule has 1 atom stereocenters. The number of ether oxygens (including phenoxy) is 1. The maximum atomic E-state index is 12.0. The highest BCUT2D eigenvalue weighted by molar-refractivity contribution is 9.10. The quantitative estimate of drug-likeness (QED) is 0.882. The summed E-state index contributed by atoms with van der Waals surface area (Å²) in [6, 6.07) is 8.73. The van der Waals surface area contributed by atoms with E-state index in [-0.39, 0.29) is 6.09 Å². The molecule has 5 heteroatoms. The number of likely N-dealkylation sites (tertiary alicyclic amines) is 1. The third-order valence-electron chi connectivity index (χ3n) is 3.58. The highest BCUT2D eigenvalue weighted by Gasteiger charge is 2.29. The van der Waals surface area contributed by atoms with Gasteiger partial charge in [0.1, 0.15) is 5.60 Å². The number of carbonyl (C=O) groups excluding carboxylic acids is 1. The van der Waals surface area contributed by atoms with E-state index in [0.29, 0.717) is 6.04 Å². The first-order valence-corrected chi connectivity index (χ1v) is 8.58. The van der Waals surface area contributed by atoms with Gasteiger partial charge in [-0.25, -0.2) is 4.79 Å². The molecule has 1 aromatic rings. The molecule has 122 valence electrons. The summed E-state index contributed by atoms with van der Waals surface area (Å²) in [7, 11) is 0. The second-order valence-corrected chi connectivity index (χ2v) is 7.66. The summed E-state index contributed by atoms with van der Waals surface area (Å²) < 4.78 is 6.52. The molecular formula is C17H25BrN2O2. The fourth-order valence-corrected chi connectivity index (χ4v) is 2.98. The Morgan fingerprint density at radius 1 is 1.45 bits per heavy atom. The average Bonchev–Trinajstić information content (AvgIpc) is 2.86. The van der Waals surface area contributed by atoms with Crippen molar-refractivity contribution in [2.75, 3.05) is 19.6 Å². The van der Waals surface area contributed by atoms with Gasteiger partial charge in [-0.3, -0.25) is 0 Å². The number of hydrogen-bond acceptors (Lipinski definition) is 3. The Morgan fingerprint density at radius 2 is 2.23 bits per heavy atom. The second kappa shape index (κ2) is 7.47. The maximum absolute atomic E-state index is 12.0. The molecule has 1 saturated heterocycles. The van der Waals surface area contributed by atoms with Gasteiger partial charge < -0.3 is 15.0 Å². The van der Waals surface area contributed by atoms with Crippen LogP contribution < -0.4 is 5.32 Å². The minimum Gasteiger partial charge on any atom is -0.444 e. The van der Waals surface area contributed by atoms with E-state index in [2.05, 4.69) is 39.4 Å². The van der Waals surface area contributed by atoms with Crippen molar-refractivity contribution in [3.05, 3.63) is 34.3 Å². The van der Waals surface area contributed by atoms with E-state index in [0.717, 1.165) is 36.9 Å². The first-order valence-electron chi connectivity index (χ1n) is 7.79. The fourth-order valence-electron chi connectivity index (χ4n) is 2.53. The van der Waals surface area contributed by atoms with Crippen molar-refractivity contribution < 1.29 is 9.53 Å². The van der Waals surface area contributed by atoms with Crippen molar-refractivity contribution in [3.8, 4) is 0 Å². The number of carbonyl (C=O) groups is 1. The Morgan fingerprint density at radius 3 is 2.91 bits per heavy atom. The molecule has 22 heavy (non-hydrogen) atoms. The van der Waals surface area contributed by atoms with Crippen LogP contribution in [0.2, 0.25) is 0 Å². The Balaban J connectivity index is 1.71. The molecule has 0 unspecified atom stereocenters. The lowest BCUT2D eigenvalue weighted by molar-refractivity contribution is 0.0291. The van der Waals surface area contributed by atoms with E-state index in [1.54, 1.807) is 4.90 Å². The molecule has 4 nitrogen and oxygen atoms in total. The van der Waals surface area contributed by atoms with Gasteiger partial charge in [0.15, 0.2) is 0 Å². The molecule has 1 amide bonds. The Kier molecular flexibility index (Phi) is 5.87. The van der Waals surface area contributed by atoms with Crippen LogP contribution in [-0.4, -0.2) is 42.3 Å². The summed E-state index contributed by atoms with van der Waals surface area (Å²) in [5.41, 5.74) is 0.882. The first-order chi connectivity index (χ1) is 10.3. The highest BCUT2D eigenvalue weighted by atomic mass is 79.9. The normalized spacial score (nSPS) is 18.5. The van der Waals surface area contributed by atoms with E-state index < -0.39 is 5.60 Å². The molecule has 0 aromatic heterocycles. The molecule has 1 heterocycles. The average molecular weight is 369 g/mol. The lowest BCUT2D eigenvalue weighted by Gasteiger charge is -2.24. The van der Waals surface area contributed by atoms with E-state index in [1.807, 2.05) is 26.8 Å². The number of nitrogens with one attached hydrogen (secondary N) is 1. The zero-order valence-electron chi connectivity index (χ0n) is 13.6. The number of nitrogens with zero attached hydrogens (tertiary/aromatic N) is 1. The molecule has 1 N–H and O–H groups in total. The van der Waals surface area contributed by atoms with Crippen LogP contribution in [0.5, 0.6) is 0 Å². The van der Waals surface area contributed by atoms with Crippen LogP contribution >= 0.6 is 15.9 Å². The summed E-state index contributed by atoms with van der Waals surface area (Å²) in [6.45, 7) is 8.11. The predicted molar refractivity (Wildman–Crippen MR) is 92.1 cm³/mol. The summed E-state index contributed by atoms with van der Waals surface area (Å²) in [5.74, 6) is 0. The van der Waals surface area contributed by atoms with Gasteiger partial charge in [-0.15, -0.1) is 0 Å². The van der Waals surface area contributed by atoms with Gasteiger partial charge in [-0.05, 0) is 57.9 Å². The van der Waals surface area contributed by atoms with Gasteiger partial charge in [0.2, 0.25) is 0 Å². The lowest BCUT2D eigenvalue weighted by Crippen LogP contribution is -2.38. The van der Waals surface area contributed by atoms with Gasteiger partial charge >= 0.3 is 6.09 Å². The van der Waals surface area contributed by atoms with Crippen molar-refractivity contribution in [2.24, 2.45) is 0 Å². The Labute approximate surface area is 141 Å².